The molecule has 3 rings (SSSR count). The molecule has 0 saturated carbocycles. The van der Waals surface area contributed by atoms with E-state index in [1.54, 1.807) is 36.4 Å². The number of halogens is 1. The third kappa shape index (κ3) is 8.76. The van der Waals surface area contributed by atoms with Crippen LogP contribution in [-0.4, -0.2) is 38.9 Å². The van der Waals surface area contributed by atoms with Gasteiger partial charge in [-0.15, -0.1) is 0 Å². The molecule has 0 unspecified atom stereocenters. The first-order chi connectivity index (χ1) is 16.8. The molecule has 3 aromatic rings. The smallest absolute Gasteiger partial charge is 0.236 e. The summed E-state index contributed by atoms with van der Waals surface area (Å²) in [5.41, 5.74) is 2.71. The van der Waals surface area contributed by atoms with Gasteiger partial charge in [-0.25, -0.2) is 16.9 Å². The van der Waals surface area contributed by atoms with Crippen molar-refractivity contribution in [2.24, 2.45) is 0 Å². The van der Waals surface area contributed by atoms with Crippen molar-refractivity contribution < 1.29 is 42.2 Å². The molecular weight excluding hydrogens is 535 g/mol. The van der Waals surface area contributed by atoms with Crippen molar-refractivity contribution in [3.05, 3.63) is 89.5 Å². The maximum Gasteiger partial charge on any atom is 0.299 e. The summed E-state index contributed by atoms with van der Waals surface area (Å²) in [4.78, 5) is -0.172. The average molecular weight is 561 g/mol. The molecule has 0 bridgehead atoms. The van der Waals surface area contributed by atoms with E-state index in [0.717, 1.165) is 16.7 Å². The summed E-state index contributed by atoms with van der Waals surface area (Å²) >= 11 is 0. The topological polar surface area (TPSA) is 130 Å². The van der Waals surface area contributed by atoms with Gasteiger partial charge in [0.1, 0.15) is 0 Å². The van der Waals surface area contributed by atoms with Gasteiger partial charge in [-0.05, 0) is 57.2 Å². The summed E-state index contributed by atoms with van der Waals surface area (Å²) in [5, 5.41) is 0. The number of hydrogen-bond acceptors (Lipinski definition) is 9. The predicted molar refractivity (Wildman–Crippen MR) is 129 cm³/mol. The Morgan fingerprint density at radius 2 is 0.750 bits per heavy atom. The zero-order valence-corrected chi connectivity index (χ0v) is 22.1. The Morgan fingerprint density at radius 1 is 0.500 bits per heavy atom. The molecule has 0 aliphatic carbocycles. The predicted octanol–water partition coefficient (Wildman–Crippen LogP) is 4.00. The Labute approximate surface area is 210 Å². The fourth-order valence-electron chi connectivity index (χ4n) is 2.52. The van der Waals surface area contributed by atoms with Crippen molar-refractivity contribution in [1.29, 1.82) is 0 Å². The normalized spacial score (nSPS) is 12.0. The Hall–Kier alpha value is -2.68. The molecule has 13 heteroatoms. The zero-order chi connectivity index (χ0) is 27.0. The van der Waals surface area contributed by atoms with E-state index in [1.807, 2.05) is 20.8 Å². The highest BCUT2D eigenvalue weighted by Crippen LogP contribution is 2.16. The maximum absolute atomic E-state index is 11.9. The van der Waals surface area contributed by atoms with Gasteiger partial charge in [0.05, 0.1) is 14.7 Å². The molecule has 0 saturated heterocycles. The van der Waals surface area contributed by atoms with Crippen LogP contribution in [0.4, 0.5) is 4.39 Å². The van der Waals surface area contributed by atoms with Gasteiger partial charge in [0.15, 0.2) is 6.79 Å². The molecule has 196 valence electrons. The van der Waals surface area contributed by atoms with Gasteiger partial charge < -0.3 is 0 Å². The summed E-state index contributed by atoms with van der Waals surface area (Å²) in [6.07, 6.45) is 0. The third-order valence-electron chi connectivity index (χ3n) is 4.54. The van der Waals surface area contributed by atoms with E-state index in [1.165, 1.54) is 36.4 Å². The van der Waals surface area contributed by atoms with Crippen molar-refractivity contribution in [3.8, 4) is 0 Å². The van der Waals surface area contributed by atoms with E-state index in [4.69, 9.17) is 0 Å². The second-order valence-electron chi connectivity index (χ2n) is 7.38. The quantitative estimate of drug-likeness (QED) is 0.282. The molecule has 0 heterocycles. The first kappa shape index (κ1) is 29.5. The molecule has 0 N–H and O–H groups in total. The SMILES string of the molecule is Cc1ccc(S(=O)(=O)OCF)cc1.Cc1ccc(S(=O)(=O)OCOS(=O)(=O)c2ccc(C)cc2)cc1. The van der Waals surface area contributed by atoms with E-state index in [0.29, 0.717) is 0 Å². The molecule has 36 heavy (non-hydrogen) atoms. The first-order valence-electron chi connectivity index (χ1n) is 10.2. The van der Waals surface area contributed by atoms with E-state index in [9.17, 15) is 29.6 Å². The van der Waals surface area contributed by atoms with Gasteiger partial charge >= 0.3 is 0 Å². The lowest BCUT2D eigenvalue weighted by atomic mass is 10.2. The molecule has 0 aromatic heterocycles. The Morgan fingerprint density at radius 3 is 1.00 bits per heavy atom. The van der Waals surface area contributed by atoms with Gasteiger partial charge in [-0.2, -0.15) is 25.3 Å². The van der Waals surface area contributed by atoms with Gasteiger partial charge in [0, 0.05) is 0 Å². The summed E-state index contributed by atoms with van der Waals surface area (Å²) < 4.78 is 94.6. The van der Waals surface area contributed by atoms with E-state index < -0.39 is 44.0 Å². The highest BCUT2D eigenvalue weighted by atomic mass is 32.2. The van der Waals surface area contributed by atoms with Crippen molar-refractivity contribution >= 4 is 30.4 Å². The van der Waals surface area contributed by atoms with Crippen LogP contribution in [-0.2, 0) is 42.9 Å². The Bertz CT molecular complexity index is 1370. The van der Waals surface area contributed by atoms with Gasteiger partial charge in [0.25, 0.3) is 30.4 Å². The van der Waals surface area contributed by atoms with Crippen molar-refractivity contribution in [2.75, 3.05) is 13.7 Å². The maximum atomic E-state index is 11.9. The fraction of sp³-hybridized carbons (Fsp3) is 0.217. The molecule has 0 spiro atoms. The zero-order valence-electron chi connectivity index (χ0n) is 19.6. The Balaban J connectivity index is 0.000000297. The van der Waals surface area contributed by atoms with E-state index >= 15 is 0 Å². The largest absolute Gasteiger partial charge is 0.299 e. The summed E-state index contributed by atoms with van der Waals surface area (Å²) in [6, 6.07) is 17.9. The lowest BCUT2D eigenvalue weighted by molar-refractivity contribution is 0.132. The van der Waals surface area contributed by atoms with Crippen LogP contribution in [0, 0.1) is 20.8 Å². The molecule has 0 radical (unpaired) electrons. The highest BCUT2D eigenvalue weighted by Gasteiger charge is 2.19. The molecule has 0 amide bonds. The van der Waals surface area contributed by atoms with Crippen LogP contribution in [0.2, 0.25) is 0 Å². The average Bonchev–Trinajstić information content (AvgIpc) is 2.80. The number of rotatable bonds is 9. The lowest BCUT2D eigenvalue weighted by Crippen LogP contribution is -2.14. The Kier molecular flexibility index (Phi) is 10.3. The molecule has 0 fully saturated rings. The van der Waals surface area contributed by atoms with Crippen LogP contribution >= 0.6 is 0 Å². The molecular formula is C23H25FO9S3. The van der Waals surface area contributed by atoms with Crippen molar-refractivity contribution in [3.63, 3.8) is 0 Å². The number of benzene rings is 3. The summed E-state index contributed by atoms with van der Waals surface area (Å²) in [5.74, 6) is 0. The van der Waals surface area contributed by atoms with Gasteiger partial charge in [-0.1, -0.05) is 53.1 Å². The minimum absolute atomic E-state index is 0.0317. The van der Waals surface area contributed by atoms with Crippen molar-refractivity contribution in [1.82, 2.24) is 0 Å². The van der Waals surface area contributed by atoms with Crippen LogP contribution in [0.3, 0.4) is 0 Å². The minimum atomic E-state index is -4.08. The molecule has 0 atom stereocenters. The van der Waals surface area contributed by atoms with Crippen LogP contribution < -0.4 is 0 Å². The molecule has 3 aromatic carbocycles. The van der Waals surface area contributed by atoms with Crippen LogP contribution in [0.1, 0.15) is 16.7 Å². The van der Waals surface area contributed by atoms with Crippen LogP contribution in [0.5, 0.6) is 0 Å². The molecule has 0 aliphatic rings. The number of alkyl halides is 1. The third-order valence-corrected chi connectivity index (χ3v) is 8.30. The van der Waals surface area contributed by atoms with E-state index in [2.05, 4.69) is 12.5 Å². The fourth-order valence-corrected chi connectivity index (χ4v) is 4.87. The summed E-state index contributed by atoms with van der Waals surface area (Å²) in [7, 11) is -12.1. The lowest BCUT2D eigenvalue weighted by Gasteiger charge is -2.07. The van der Waals surface area contributed by atoms with Crippen LogP contribution in [0.15, 0.2) is 87.5 Å². The molecule has 9 nitrogen and oxygen atoms in total. The highest BCUT2D eigenvalue weighted by molar-refractivity contribution is 7.87. The number of aryl methyl sites for hydroxylation is 3. The first-order valence-corrected chi connectivity index (χ1v) is 14.4. The van der Waals surface area contributed by atoms with Gasteiger partial charge in [-0.3, -0.25) is 0 Å². The monoisotopic (exact) mass is 560 g/mol. The molecule has 0 aliphatic heterocycles. The van der Waals surface area contributed by atoms with Crippen molar-refractivity contribution in [2.45, 2.75) is 35.5 Å². The second kappa shape index (κ2) is 12.5. The van der Waals surface area contributed by atoms with E-state index in [-0.39, 0.29) is 14.7 Å². The minimum Gasteiger partial charge on any atom is -0.236 e. The number of hydrogen-bond donors (Lipinski definition) is 0. The summed E-state index contributed by atoms with van der Waals surface area (Å²) in [6.45, 7) is 3.19. The second-order valence-corrected chi connectivity index (χ2v) is 12.2. The van der Waals surface area contributed by atoms with Gasteiger partial charge in [0.2, 0.25) is 6.86 Å². The standard InChI is InChI=1S/C15H16O6S2.C8H9FO3S/c1-12-3-7-14(8-4-12)22(16,17)20-11-21-23(18,19)15-9-5-13(2)6-10-15;1-7-2-4-8(5-3-7)13(10,11)12-6-9/h3-10H,11H2,1-2H3;2-5H,6H2,1H3. The van der Waals surface area contributed by atoms with Crippen LogP contribution in [0.25, 0.3) is 0 Å².